The quantitative estimate of drug-likeness (QED) is 0.873. The van der Waals surface area contributed by atoms with E-state index in [4.69, 9.17) is 10.6 Å². The molecule has 0 aliphatic heterocycles. The summed E-state index contributed by atoms with van der Waals surface area (Å²) < 4.78 is 66.4. The highest BCUT2D eigenvalue weighted by Crippen LogP contribution is 2.29. The molecule has 0 bridgehead atoms. The van der Waals surface area contributed by atoms with Crippen molar-refractivity contribution in [2.75, 3.05) is 13.1 Å². The van der Waals surface area contributed by atoms with Crippen molar-refractivity contribution in [1.82, 2.24) is 5.32 Å². The van der Waals surface area contributed by atoms with Crippen LogP contribution < -0.4 is 5.32 Å². The van der Waals surface area contributed by atoms with E-state index in [2.05, 4.69) is 5.32 Å². The molecule has 0 amide bonds. The maximum atomic E-state index is 12.6. The predicted molar refractivity (Wildman–Crippen MR) is 66.9 cm³/mol. The van der Waals surface area contributed by atoms with E-state index < -0.39 is 30.8 Å². The third-order valence-corrected chi connectivity index (χ3v) is 2.17. The summed E-state index contributed by atoms with van der Waals surface area (Å²) in [7, 11) is 0. The zero-order chi connectivity index (χ0) is 16.5. The van der Waals surface area contributed by atoms with Crippen molar-refractivity contribution in [3.05, 3.63) is 35.4 Å². The van der Waals surface area contributed by atoms with E-state index in [9.17, 15) is 13.2 Å². The summed E-state index contributed by atoms with van der Waals surface area (Å²) in [4.78, 5) is 0. The Labute approximate surface area is 116 Å². The molecule has 104 valence electrons. The summed E-state index contributed by atoms with van der Waals surface area (Å²) in [5.74, 6) is 0. The molecule has 18 heavy (non-hydrogen) atoms. The lowest BCUT2D eigenvalue weighted by Gasteiger charge is -2.14. The highest BCUT2D eigenvalue weighted by molar-refractivity contribution is 5.85. The monoisotopic (exact) mass is 287 g/mol. The van der Waals surface area contributed by atoms with E-state index in [0.717, 1.165) is 12.1 Å². The molecule has 0 aliphatic rings. The SMILES string of the molecule is Cl.[2H]C([2H])(O)C([2H])([2H])NC(C)Cc1cccc(C(F)(F)F)c1. The molecule has 1 aromatic rings. The van der Waals surface area contributed by atoms with Gasteiger partial charge in [-0.15, -0.1) is 12.4 Å². The van der Waals surface area contributed by atoms with Crippen LogP contribution in [0.3, 0.4) is 0 Å². The molecule has 1 atom stereocenters. The van der Waals surface area contributed by atoms with E-state index in [1.165, 1.54) is 19.1 Å². The number of aliphatic hydroxyl groups is 1. The van der Waals surface area contributed by atoms with E-state index in [1.54, 1.807) is 0 Å². The van der Waals surface area contributed by atoms with Crippen LogP contribution in [-0.4, -0.2) is 24.2 Å². The van der Waals surface area contributed by atoms with Crippen LogP contribution in [0.15, 0.2) is 24.3 Å². The fourth-order valence-corrected chi connectivity index (χ4v) is 1.43. The van der Waals surface area contributed by atoms with Crippen molar-refractivity contribution in [2.24, 2.45) is 0 Å². The summed E-state index contributed by atoms with van der Waals surface area (Å²) >= 11 is 0. The highest BCUT2D eigenvalue weighted by Gasteiger charge is 2.30. The van der Waals surface area contributed by atoms with E-state index in [0.29, 0.717) is 5.56 Å². The molecule has 6 heteroatoms. The number of rotatable bonds is 5. The normalized spacial score (nSPS) is 17.8. The Morgan fingerprint density at radius 3 is 2.67 bits per heavy atom. The lowest BCUT2D eigenvalue weighted by Crippen LogP contribution is -2.30. The van der Waals surface area contributed by atoms with Crippen molar-refractivity contribution < 1.29 is 23.8 Å². The fourth-order valence-electron chi connectivity index (χ4n) is 1.43. The minimum absolute atomic E-state index is 0. The van der Waals surface area contributed by atoms with Gasteiger partial charge in [0.15, 0.2) is 0 Å². The average Bonchev–Trinajstić information content (AvgIpc) is 2.25. The van der Waals surface area contributed by atoms with Gasteiger partial charge in [-0.1, -0.05) is 18.2 Å². The first-order chi connectivity index (χ1) is 9.33. The number of alkyl halides is 3. The number of hydrogen-bond donors (Lipinski definition) is 2. The minimum atomic E-state index is -4.45. The van der Waals surface area contributed by atoms with Gasteiger partial charge in [-0.25, -0.2) is 0 Å². The van der Waals surface area contributed by atoms with Gasteiger partial charge in [-0.05, 0) is 25.0 Å². The third-order valence-electron chi connectivity index (χ3n) is 2.17. The molecule has 2 N–H and O–H groups in total. The van der Waals surface area contributed by atoms with Crippen molar-refractivity contribution in [1.29, 1.82) is 0 Å². The minimum Gasteiger partial charge on any atom is -0.395 e. The standard InChI is InChI=1S/C12H16F3NO.ClH/c1-9(16-5-6-17)7-10-3-2-4-11(8-10)12(13,14)15;/h2-4,8-9,16-17H,5-7H2,1H3;1H/i5D2,6D2;. The van der Waals surface area contributed by atoms with Crippen LogP contribution in [-0.2, 0) is 12.6 Å². The second-order valence-electron chi connectivity index (χ2n) is 3.68. The van der Waals surface area contributed by atoms with Gasteiger partial charge < -0.3 is 10.4 Å². The van der Waals surface area contributed by atoms with Crippen molar-refractivity contribution in [3.63, 3.8) is 0 Å². The molecule has 0 spiro atoms. The molecule has 0 aliphatic carbocycles. The molecule has 0 aromatic heterocycles. The lowest BCUT2D eigenvalue weighted by atomic mass is 10.0. The van der Waals surface area contributed by atoms with E-state index >= 15 is 0 Å². The summed E-state index contributed by atoms with van der Waals surface area (Å²) in [6.45, 7) is -4.33. The molecule has 1 aromatic carbocycles. The summed E-state index contributed by atoms with van der Waals surface area (Å²) in [6.07, 6.45) is -4.40. The first kappa shape index (κ1) is 11.1. The maximum absolute atomic E-state index is 12.6. The maximum Gasteiger partial charge on any atom is 0.416 e. The molecular formula is C12H17ClF3NO. The van der Waals surface area contributed by atoms with Gasteiger partial charge >= 0.3 is 6.18 Å². The van der Waals surface area contributed by atoms with Crippen LogP contribution >= 0.6 is 12.4 Å². The van der Waals surface area contributed by atoms with Crippen molar-refractivity contribution in [3.8, 4) is 0 Å². The molecule has 1 rings (SSSR count). The Morgan fingerprint density at radius 2 is 2.11 bits per heavy atom. The Morgan fingerprint density at radius 1 is 1.44 bits per heavy atom. The zero-order valence-electron chi connectivity index (χ0n) is 13.6. The van der Waals surface area contributed by atoms with Crippen LogP contribution in [0.2, 0.25) is 0 Å². The summed E-state index contributed by atoms with van der Waals surface area (Å²) in [5, 5.41) is 11.3. The zero-order valence-corrected chi connectivity index (χ0v) is 10.4. The Balaban J connectivity index is 0.00000441. The predicted octanol–water partition coefficient (Wildman–Crippen LogP) is 2.64. The molecule has 0 saturated carbocycles. The van der Waals surface area contributed by atoms with Gasteiger partial charge in [-0.3, -0.25) is 0 Å². The van der Waals surface area contributed by atoms with Gasteiger partial charge in [-0.2, -0.15) is 13.2 Å². The first-order valence-corrected chi connectivity index (χ1v) is 4.99. The van der Waals surface area contributed by atoms with Gasteiger partial charge in [0.1, 0.15) is 0 Å². The molecule has 1 unspecified atom stereocenters. The van der Waals surface area contributed by atoms with Crippen LogP contribution in [0, 0.1) is 0 Å². The van der Waals surface area contributed by atoms with Gasteiger partial charge in [0.05, 0.1) is 14.9 Å². The fraction of sp³-hybridized carbons (Fsp3) is 0.500. The number of hydrogen-bond acceptors (Lipinski definition) is 2. The summed E-state index contributed by atoms with van der Waals surface area (Å²) in [5.41, 5.74) is -0.466. The number of benzene rings is 1. The van der Waals surface area contributed by atoms with Crippen molar-refractivity contribution in [2.45, 2.75) is 25.6 Å². The van der Waals surface area contributed by atoms with Gasteiger partial charge in [0.25, 0.3) is 0 Å². The number of halogens is 4. The van der Waals surface area contributed by atoms with Crippen molar-refractivity contribution >= 4 is 12.4 Å². The largest absolute Gasteiger partial charge is 0.416 e. The molecular weight excluding hydrogens is 267 g/mol. The molecule has 2 nitrogen and oxygen atoms in total. The Hall–Kier alpha value is -0.780. The topological polar surface area (TPSA) is 32.3 Å². The van der Waals surface area contributed by atoms with Crippen LogP contribution in [0.1, 0.15) is 23.5 Å². The Bertz CT molecular complexity index is 494. The first-order valence-electron chi connectivity index (χ1n) is 6.99. The van der Waals surface area contributed by atoms with Crippen LogP contribution in [0.25, 0.3) is 0 Å². The molecule has 0 heterocycles. The van der Waals surface area contributed by atoms with E-state index in [-0.39, 0.29) is 18.8 Å². The second kappa shape index (κ2) is 7.61. The third kappa shape index (κ3) is 5.71. The smallest absolute Gasteiger partial charge is 0.395 e. The second-order valence-corrected chi connectivity index (χ2v) is 3.68. The van der Waals surface area contributed by atoms with Crippen LogP contribution in [0.5, 0.6) is 0 Å². The molecule has 0 saturated heterocycles. The highest BCUT2D eigenvalue weighted by atomic mass is 35.5. The van der Waals surface area contributed by atoms with Gasteiger partial charge in [0, 0.05) is 15.3 Å². The molecule has 0 fully saturated rings. The lowest BCUT2D eigenvalue weighted by molar-refractivity contribution is -0.137. The average molecular weight is 288 g/mol. The van der Waals surface area contributed by atoms with E-state index in [1.807, 2.05) is 0 Å². The molecule has 0 radical (unpaired) electrons. The Kier molecular flexibility index (Phi) is 4.68. The number of nitrogens with one attached hydrogen (secondary N) is 1. The van der Waals surface area contributed by atoms with Crippen LogP contribution in [0.4, 0.5) is 13.2 Å². The summed E-state index contributed by atoms with van der Waals surface area (Å²) in [6, 6.07) is 3.95. The van der Waals surface area contributed by atoms with Gasteiger partial charge in [0.2, 0.25) is 0 Å².